The number of halogens is 3. The van der Waals surface area contributed by atoms with E-state index >= 15 is 0 Å². The molecule has 1 aromatic rings. The number of nitriles is 2. The van der Waals surface area contributed by atoms with Gasteiger partial charge in [-0.3, -0.25) is 33.2 Å². The molecule has 0 bridgehead atoms. The molecule has 0 saturated carbocycles. The number of alkyl halides is 3. The number of sulfone groups is 1. The molecule has 1 atom stereocenters. The number of pyridine rings is 1. The number of aromatic nitrogens is 1. The molecular weight excluding hydrogens is 656 g/mol. The molecule has 236 valence electrons. The van der Waals surface area contributed by atoms with Gasteiger partial charge in [-0.25, -0.2) is 8.42 Å². The van der Waals surface area contributed by atoms with E-state index in [2.05, 4.69) is 30.2 Å². The molecule has 0 aliphatic heterocycles. The van der Waals surface area contributed by atoms with Crippen molar-refractivity contribution < 1.29 is 65.1 Å². The highest BCUT2D eigenvalue weighted by atomic mass is 32.2. The number of aliphatic carboxylic acids is 3. The van der Waals surface area contributed by atoms with Gasteiger partial charge < -0.3 is 15.3 Å². The predicted molar refractivity (Wildman–Crippen MR) is 148 cm³/mol. The maximum absolute atomic E-state index is 11.4. The number of carboxylic acids is 3. The van der Waals surface area contributed by atoms with Gasteiger partial charge in [0.2, 0.25) is 0 Å². The van der Waals surface area contributed by atoms with Crippen LogP contribution in [0.2, 0.25) is 0 Å². The van der Waals surface area contributed by atoms with Gasteiger partial charge in [-0.1, -0.05) is 6.07 Å². The second kappa shape index (κ2) is 26.4. The Hall–Kier alpha value is -3.53. The fourth-order valence-electron chi connectivity index (χ4n) is 1.50. The van der Waals surface area contributed by atoms with Gasteiger partial charge in [0.05, 0.1) is 12.1 Å². The van der Waals surface area contributed by atoms with E-state index in [9.17, 15) is 49.8 Å². The largest absolute Gasteiger partial charge is 0.481 e. The van der Waals surface area contributed by atoms with Gasteiger partial charge in [0.15, 0.2) is 20.1 Å². The Bertz CT molecular complexity index is 1220. The number of hydrogen-bond acceptors (Lipinski definition) is 11. The maximum atomic E-state index is 11.4. The fourth-order valence-corrected chi connectivity index (χ4v) is 2.99. The normalized spacial score (nSPS) is 10.3. The van der Waals surface area contributed by atoms with E-state index in [1.54, 1.807) is 18.5 Å². The quantitative estimate of drug-likeness (QED) is 0.218. The van der Waals surface area contributed by atoms with Crippen LogP contribution in [0.3, 0.4) is 0 Å². The fraction of sp³-hybridized carbons (Fsp3) is 0.429. The molecule has 0 aromatic carbocycles. The second-order valence-corrected chi connectivity index (χ2v) is 11.5. The van der Waals surface area contributed by atoms with Crippen molar-refractivity contribution in [1.82, 2.24) is 4.98 Å². The molecule has 0 saturated heterocycles. The van der Waals surface area contributed by atoms with Crippen molar-refractivity contribution in [3.8, 4) is 12.1 Å². The van der Waals surface area contributed by atoms with Crippen molar-refractivity contribution >= 4 is 74.0 Å². The first-order valence-electron chi connectivity index (χ1n) is 10.4. The van der Waals surface area contributed by atoms with Crippen LogP contribution in [0, 0.1) is 22.7 Å². The van der Waals surface area contributed by atoms with Crippen LogP contribution >= 0.6 is 25.3 Å². The van der Waals surface area contributed by atoms with E-state index in [1.165, 1.54) is 6.07 Å². The average molecular weight is 682 g/mol. The number of carbonyl (C=O) groups excluding carboxylic acids is 2. The van der Waals surface area contributed by atoms with Crippen LogP contribution in [0.1, 0.15) is 24.8 Å². The summed E-state index contributed by atoms with van der Waals surface area (Å²) in [5.74, 6) is -7.18. The van der Waals surface area contributed by atoms with Crippen LogP contribution < -0.4 is 0 Å². The maximum Gasteiger partial charge on any atom is 0.400 e. The SMILES string of the molecule is CS(=O)(=O)CC(=O)O.N#CCC(=O)O.N#CCCC(=O)S.O=C(O)CS(=O)CC(F)(F)F.O=C(S)Cc1cccnc1. The molecule has 1 heterocycles. The van der Waals surface area contributed by atoms with Crippen LogP contribution in [0.15, 0.2) is 24.5 Å². The molecule has 3 N–H and O–H groups in total. The molecular formula is C21H26F3N3O11S4. The summed E-state index contributed by atoms with van der Waals surface area (Å²) < 4.78 is 64.5. The summed E-state index contributed by atoms with van der Waals surface area (Å²) in [4.78, 5) is 53.0. The van der Waals surface area contributed by atoms with Crippen LogP contribution in [0.5, 0.6) is 0 Å². The number of thiol groups is 2. The molecule has 14 nitrogen and oxygen atoms in total. The lowest BCUT2D eigenvalue weighted by Crippen LogP contribution is -2.23. The topological polar surface area (TPSA) is 258 Å². The predicted octanol–water partition coefficient (Wildman–Crippen LogP) is 1.31. The van der Waals surface area contributed by atoms with Crippen LogP contribution in [0.4, 0.5) is 13.2 Å². The number of carboxylic acid groups (broad SMARTS) is 3. The monoisotopic (exact) mass is 681 g/mol. The Kier molecular flexibility index (Phi) is 28.5. The molecule has 42 heavy (non-hydrogen) atoms. The van der Waals surface area contributed by atoms with Gasteiger partial charge in [-0.2, -0.15) is 23.7 Å². The van der Waals surface area contributed by atoms with Crippen LogP contribution in [0.25, 0.3) is 0 Å². The number of hydrogen-bond donors (Lipinski definition) is 5. The Morgan fingerprint density at radius 3 is 1.76 bits per heavy atom. The number of nitrogens with zero attached hydrogens (tertiary/aromatic N) is 3. The summed E-state index contributed by atoms with van der Waals surface area (Å²) in [7, 11) is -5.67. The minimum absolute atomic E-state index is 0.131. The third kappa shape index (κ3) is 52.8. The molecule has 1 rings (SSSR count). The summed E-state index contributed by atoms with van der Waals surface area (Å²) in [5, 5.41) is 38.6. The molecule has 0 aliphatic carbocycles. The third-order valence-corrected chi connectivity index (χ3v) is 5.13. The number of rotatable bonds is 10. The molecule has 1 aromatic heterocycles. The van der Waals surface area contributed by atoms with E-state index in [4.69, 9.17) is 25.8 Å². The lowest BCUT2D eigenvalue weighted by atomic mass is 10.2. The third-order valence-electron chi connectivity index (χ3n) is 2.75. The van der Waals surface area contributed by atoms with Gasteiger partial charge >= 0.3 is 24.1 Å². The Morgan fingerprint density at radius 2 is 1.55 bits per heavy atom. The van der Waals surface area contributed by atoms with E-state index < -0.39 is 68.4 Å². The smallest absolute Gasteiger partial charge is 0.400 e. The first-order chi connectivity index (χ1) is 19.1. The summed E-state index contributed by atoms with van der Waals surface area (Å²) in [6.07, 6.45) is 0.154. The van der Waals surface area contributed by atoms with Gasteiger partial charge in [0.1, 0.15) is 23.7 Å². The standard InChI is InChI=1S/C7H7NOS.C4H5F3O3S.C4H5NOS.C3H3NO2.C3H6O4S/c9-7(10)4-6-2-1-3-8-5-6;5-4(6,7)2-11(10)1-3(8)9;5-3-1-2-4(6)7;4-2-1-3(5)6;1-8(6,7)2-3(4)5/h1-3,5H,4H2,(H,9,10);1-2H2,(H,8,9);1-2H2,(H,6,7);1H2,(H,5,6);2H2,1H3,(H,4,5). The Balaban J connectivity index is -0.000000219. The summed E-state index contributed by atoms with van der Waals surface area (Å²) in [6.45, 7) is 0. The van der Waals surface area contributed by atoms with Crippen molar-refractivity contribution in [2.24, 2.45) is 0 Å². The summed E-state index contributed by atoms with van der Waals surface area (Å²) in [6, 6.07) is 6.94. The number of carbonyl (C=O) groups is 5. The molecule has 0 aliphatic rings. The van der Waals surface area contributed by atoms with Gasteiger partial charge in [-0.05, 0) is 11.6 Å². The van der Waals surface area contributed by atoms with Crippen LogP contribution in [-0.2, 0) is 51.0 Å². The zero-order valence-electron chi connectivity index (χ0n) is 21.6. The zero-order chi connectivity index (χ0) is 33.9. The highest BCUT2D eigenvalue weighted by molar-refractivity contribution is 7.96. The molecule has 1 unspecified atom stereocenters. The molecule has 0 radical (unpaired) electrons. The van der Waals surface area contributed by atoms with E-state index in [1.807, 2.05) is 12.1 Å². The van der Waals surface area contributed by atoms with Gasteiger partial charge in [0, 0.05) is 48.7 Å². The molecule has 0 fully saturated rings. The van der Waals surface area contributed by atoms with Crippen molar-refractivity contribution in [2.45, 2.75) is 31.9 Å². The van der Waals surface area contributed by atoms with Crippen molar-refractivity contribution in [3.63, 3.8) is 0 Å². The summed E-state index contributed by atoms with van der Waals surface area (Å²) in [5.41, 5.74) is 0.905. The Morgan fingerprint density at radius 1 is 1.00 bits per heavy atom. The van der Waals surface area contributed by atoms with E-state index in [0.717, 1.165) is 11.8 Å². The molecule has 0 spiro atoms. The second-order valence-electron chi connectivity index (χ2n) is 6.91. The molecule has 0 amide bonds. The van der Waals surface area contributed by atoms with E-state index in [-0.39, 0.29) is 23.1 Å². The lowest BCUT2D eigenvalue weighted by molar-refractivity contribution is -0.136. The first-order valence-corrected chi connectivity index (χ1v) is 14.8. The minimum Gasteiger partial charge on any atom is -0.481 e. The Labute approximate surface area is 251 Å². The van der Waals surface area contributed by atoms with Crippen molar-refractivity contribution in [1.29, 1.82) is 10.5 Å². The zero-order valence-corrected chi connectivity index (χ0v) is 25.0. The van der Waals surface area contributed by atoms with Gasteiger partial charge in [0.25, 0.3) is 0 Å². The van der Waals surface area contributed by atoms with Crippen molar-refractivity contribution in [3.05, 3.63) is 30.1 Å². The average Bonchev–Trinajstić information content (AvgIpc) is 2.76. The van der Waals surface area contributed by atoms with Crippen LogP contribution in [-0.4, -0.2) is 90.8 Å². The highest BCUT2D eigenvalue weighted by Gasteiger charge is 2.30. The lowest BCUT2D eigenvalue weighted by Gasteiger charge is -2.03. The van der Waals surface area contributed by atoms with E-state index in [0.29, 0.717) is 6.42 Å². The van der Waals surface area contributed by atoms with Crippen molar-refractivity contribution in [2.75, 3.05) is 23.5 Å². The highest BCUT2D eigenvalue weighted by Crippen LogP contribution is 2.15. The first kappa shape index (κ1) is 45.5. The van der Waals surface area contributed by atoms with Gasteiger partial charge in [-0.15, -0.1) is 25.3 Å². The molecule has 21 heteroatoms. The minimum atomic E-state index is -4.56. The summed E-state index contributed by atoms with van der Waals surface area (Å²) >= 11 is 7.08.